The van der Waals surface area contributed by atoms with E-state index < -0.39 is 0 Å². The van der Waals surface area contributed by atoms with Crippen LogP contribution in [0.1, 0.15) is 6.92 Å². The zero-order valence-corrected chi connectivity index (χ0v) is 9.01. The number of para-hydroxylation sites is 2. The van der Waals surface area contributed by atoms with Crippen LogP contribution in [-0.4, -0.2) is 6.29 Å². The largest absolute Gasteiger partial charge is 0.455 e. The van der Waals surface area contributed by atoms with Gasteiger partial charge in [0.2, 0.25) is 6.29 Å². The van der Waals surface area contributed by atoms with E-state index in [4.69, 9.17) is 9.47 Å². The molecule has 0 atom stereocenters. The molecule has 2 aromatic carbocycles. The molecule has 0 bridgehead atoms. The third-order valence-corrected chi connectivity index (χ3v) is 2.65. The molecule has 0 amide bonds. The molecule has 0 unspecified atom stereocenters. The second-order valence-electron chi connectivity index (χ2n) is 3.80. The van der Waals surface area contributed by atoms with Crippen LogP contribution in [0.2, 0.25) is 0 Å². The Bertz CT molecular complexity index is 472. The lowest BCUT2D eigenvalue weighted by Gasteiger charge is -2.13. The lowest BCUT2D eigenvalue weighted by molar-refractivity contribution is 0.0262. The fourth-order valence-corrected chi connectivity index (χ4v) is 1.97. The Morgan fingerprint density at radius 3 is 1.69 bits per heavy atom. The average Bonchev–Trinajstić information content (AvgIpc) is 2.44. The Labute approximate surface area is 94.4 Å². The van der Waals surface area contributed by atoms with Gasteiger partial charge in [-0.25, -0.2) is 0 Å². The van der Waals surface area contributed by atoms with Crippen LogP contribution >= 0.6 is 0 Å². The Hall–Kier alpha value is -1.96. The molecule has 2 aromatic rings. The molecule has 0 N–H and O–H groups in total. The topological polar surface area (TPSA) is 18.5 Å². The summed E-state index contributed by atoms with van der Waals surface area (Å²) in [4.78, 5) is 0. The van der Waals surface area contributed by atoms with E-state index in [1.54, 1.807) is 0 Å². The molecule has 2 nitrogen and oxygen atoms in total. The third kappa shape index (κ3) is 1.43. The van der Waals surface area contributed by atoms with Crippen molar-refractivity contribution in [2.45, 2.75) is 13.2 Å². The molecule has 16 heavy (non-hydrogen) atoms. The van der Waals surface area contributed by atoms with Crippen molar-refractivity contribution in [3.63, 3.8) is 0 Å². The van der Waals surface area contributed by atoms with E-state index in [-0.39, 0.29) is 6.29 Å². The highest BCUT2D eigenvalue weighted by Gasteiger charge is 2.18. The number of ether oxygens (including phenoxy) is 2. The molecule has 0 spiro atoms. The SMILES string of the molecule is CC1Oc2ccccc2-c2ccccc2O1. The summed E-state index contributed by atoms with van der Waals surface area (Å²) < 4.78 is 11.4. The van der Waals surface area contributed by atoms with Gasteiger partial charge >= 0.3 is 0 Å². The molecule has 0 saturated carbocycles. The summed E-state index contributed by atoms with van der Waals surface area (Å²) in [6.45, 7) is 1.90. The Kier molecular flexibility index (Phi) is 2.07. The van der Waals surface area contributed by atoms with Crippen molar-refractivity contribution >= 4 is 0 Å². The van der Waals surface area contributed by atoms with Crippen LogP contribution in [0.5, 0.6) is 11.5 Å². The fourth-order valence-electron chi connectivity index (χ4n) is 1.97. The van der Waals surface area contributed by atoms with E-state index in [2.05, 4.69) is 12.1 Å². The van der Waals surface area contributed by atoms with Crippen molar-refractivity contribution in [1.82, 2.24) is 0 Å². The minimum Gasteiger partial charge on any atom is -0.455 e. The molecule has 3 rings (SSSR count). The Morgan fingerprint density at radius 1 is 0.750 bits per heavy atom. The molecule has 0 aliphatic carbocycles. The summed E-state index contributed by atoms with van der Waals surface area (Å²) in [6, 6.07) is 16.0. The standard InChI is InChI=1S/C14H12O2/c1-10-15-13-8-4-2-6-11(13)12-7-3-5-9-14(12)16-10/h2-10H,1H3. The van der Waals surface area contributed by atoms with E-state index in [0.29, 0.717) is 0 Å². The minimum atomic E-state index is -0.259. The van der Waals surface area contributed by atoms with Crippen molar-refractivity contribution in [2.24, 2.45) is 0 Å². The first kappa shape index (κ1) is 9.28. The summed E-state index contributed by atoms with van der Waals surface area (Å²) in [7, 11) is 0. The summed E-state index contributed by atoms with van der Waals surface area (Å²) in [5, 5.41) is 0. The van der Waals surface area contributed by atoms with E-state index >= 15 is 0 Å². The fraction of sp³-hybridized carbons (Fsp3) is 0.143. The Balaban J connectivity index is 2.26. The zero-order chi connectivity index (χ0) is 11.0. The maximum atomic E-state index is 5.72. The predicted molar refractivity (Wildman–Crippen MR) is 62.6 cm³/mol. The molecule has 1 aliphatic heterocycles. The molecular weight excluding hydrogens is 200 g/mol. The summed E-state index contributed by atoms with van der Waals surface area (Å²) in [6.07, 6.45) is -0.259. The van der Waals surface area contributed by atoms with Gasteiger partial charge in [-0.2, -0.15) is 0 Å². The molecule has 0 radical (unpaired) electrons. The highest BCUT2D eigenvalue weighted by atomic mass is 16.7. The van der Waals surface area contributed by atoms with Gasteiger partial charge in [0.05, 0.1) is 0 Å². The van der Waals surface area contributed by atoms with Crippen LogP contribution in [0.4, 0.5) is 0 Å². The lowest BCUT2D eigenvalue weighted by atomic mass is 10.0. The summed E-state index contributed by atoms with van der Waals surface area (Å²) in [5.74, 6) is 1.75. The smallest absolute Gasteiger partial charge is 0.238 e. The normalized spacial score (nSPS) is 14.1. The van der Waals surface area contributed by atoms with Crippen molar-refractivity contribution in [3.05, 3.63) is 48.5 Å². The number of benzene rings is 2. The van der Waals surface area contributed by atoms with Gasteiger partial charge in [-0.1, -0.05) is 36.4 Å². The predicted octanol–water partition coefficient (Wildman–Crippen LogP) is 3.47. The molecule has 1 heterocycles. The summed E-state index contributed by atoms with van der Waals surface area (Å²) >= 11 is 0. The van der Waals surface area contributed by atoms with Gasteiger partial charge in [-0.15, -0.1) is 0 Å². The molecule has 80 valence electrons. The van der Waals surface area contributed by atoms with E-state index in [1.807, 2.05) is 43.3 Å². The second kappa shape index (κ2) is 3.56. The van der Waals surface area contributed by atoms with Gasteiger partial charge in [-0.3, -0.25) is 0 Å². The number of rotatable bonds is 0. The minimum absolute atomic E-state index is 0.259. The monoisotopic (exact) mass is 212 g/mol. The van der Waals surface area contributed by atoms with Crippen molar-refractivity contribution in [3.8, 4) is 22.6 Å². The van der Waals surface area contributed by atoms with Crippen LogP contribution in [0.3, 0.4) is 0 Å². The van der Waals surface area contributed by atoms with Crippen LogP contribution in [-0.2, 0) is 0 Å². The maximum absolute atomic E-state index is 5.72. The number of hydrogen-bond donors (Lipinski definition) is 0. The van der Waals surface area contributed by atoms with Crippen LogP contribution in [0.25, 0.3) is 11.1 Å². The highest BCUT2D eigenvalue weighted by molar-refractivity contribution is 5.76. The number of fused-ring (bicyclic) bond motifs is 3. The lowest BCUT2D eigenvalue weighted by Crippen LogP contribution is -2.18. The van der Waals surface area contributed by atoms with Gasteiger partial charge in [-0.05, 0) is 12.1 Å². The molecule has 2 heteroatoms. The van der Waals surface area contributed by atoms with Crippen LogP contribution in [0.15, 0.2) is 48.5 Å². The summed E-state index contributed by atoms with van der Waals surface area (Å²) in [5.41, 5.74) is 2.17. The first-order valence-corrected chi connectivity index (χ1v) is 5.36. The van der Waals surface area contributed by atoms with Crippen molar-refractivity contribution < 1.29 is 9.47 Å². The zero-order valence-electron chi connectivity index (χ0n) is 9.01. The molecule has 0 aromatic heterocycles. The van der Waals surface area contributed by atoms with Gasteiger partial charge in [0, 0.05) is 18.1 Å². The van der Waals surface area contributed by atoms with Crippen LogP contribution < -0.4 is 9.47 Å². The average molecular weight is 212 g/mol. The molecule has 0 saturated heterocycles. The maximum Gasteiger partial charge on any atom is 0.238 e. The molecule has 0 fully saturated rings. The van der Waals surface area contributed by atoms with Gasteiger partial charge in [0.15, 0.2) is 0 Å². The number of hydrogen-bond acceptors (Lipinski definition) is 2. The first-order chi connectivity index (χ1) is 7.84. The van der Waals surface area contributed by atoms with Gasteiger partial charge in [0.25, 0.3) is 0 Å². The van der Waals surface area contributed by atoms with E-state index in [1.165, 1.54) is 0 Å². The van der Waals surface area contributed by atoms with Crippen molar-refractivity contribution in [2.75, 3.05) is 0 Å². The van der Waals surface area contributed by atoms with Crippen LogP contribution in [0, 0.1) is 0 Å². The first-order valence-electron chi connectivity index (χ1n) is 5.36. The Morgan fingerprint density at radius 2 is 1.19 bits per heavy atom. The van der Waals surface area contributed by atoms with Gasteiger partial charge < -0.3 is 9.47 Å². The quantitative estimate of drug-likeness (QED) is 0.665. The molecule has 1 aliphatic rings. The van der Waals surface area contributed by atoms with E-state index in [0.717, 1.165) is 22.6 Å². The van der Waals surface area contributed by atoms with Crippen molar-refractivity contribution in [1.29, 1.82) is 0 Å². The van der Waals surface area contributed by atoms with E-state index in [9.17, 15) is 0 Å². The van der Waals surface area contributed by atoms with Gasteiger partial charge in [0.1, 0.15) is 11.5 Å². The highest BCUT2D eigenvalue weighted by Crippen LogP contribution is 2.39. The molecular formula is C14H12O2. The second-order valence-corrected chi connectivity index (χ2v) is 3.80. The third-order valence-electron chi connectivity index (χ3n) is 2.65.